The number of hydrogen-bond donors (Lipinski definition) is 1. The molecular formula is C14H23N3O. The van der Waals surface area contributed by atoms with Gasteiger partial charge in [0.25, 0.3) is 0 Å². The average Bonchev–Trinajstić information content (AvgIpc) is 2.31. The van der Waals surface area contributed by atoms with Gasteiger partial charge in [-0.2, -0.15) is 5.26 Å². The summed E-state index contributed by atoms with van der Waals surface area (Å²) in [7, 11) is 0. The Morgan fingerprint density at radius 2 is 2.11 bits per heavy atom. The molecule has 0 radical (unpaired) electrons. The van der Waals surface area contributed by atoms with Crippen LogP contribution >= 0.6 is 0 Å². The third-order valence-electron chi connectivity index (χ3n) is 4.32. The first kappa shape index (κ1) is 13.4. The maximum atomic E-state index is 12.1. The molecule has 1 N–H and O–H groups in total. The summed E-state index contributed by atoms with van der Waals surface area (Å²) in [6, 6.07) is 2.49. The quantitative estimate of drug-likeness (QED) is 0.824. The molecule has 1 aliphatic carbocycles. The molecule has 0 unspecified atom stereocenters. The second-order valence-corrected chi connectivity index (χ2v) is 5.64. The molecular weight excluding hydrogens is 226 g/mol. The van der Waals surface area contributed by atoms with E-state index in [1.165, 1.54) is 6.42 Å². The molecule has 0 aromatic carbocycles. The Kier molecular flexibility index (Phi) is 4.23. The Balaban J connectivity index is 1.78. The zero-order chi connectivity index (χ0) is 13.0. The third kappa shape index (κ3) is 2.67. The van der Waals surface area contributed by atoms with E-state index in [-0.39, 0.29) is 11.9 Å². The Bertz CT molecular complexity index is 335. The molecule has 2 rings (SSSR count). The van der Waals surface area contributed by atoms with Crippen molar-refractivity contribution in [3.63, 3.8) is 0 Å². The molecule has 1 amide bonds. The van der Waals surface area contributed by atoms with Crippen LogP contribution in [0.15, 0.2) is 0 Å². The number of piperidine rings is 1. The van der Waals surface area contributed by atoms with E-state index in [0.717, 1.165) is 51.7 Å². The fraction of sp³-hybridized carbons (Fsp3) is 0.857. The van der Waals surface area contributed by atoms with Gasteiger partial charge in [0.05, 0.1) is 6.07 Å². The lowest BCUT2D eigenvalue weighted by molar-refractivity contribution is -0.132. The van der Waals surface area contributed by atoms with E-state index in [9.17, 15) is 4.79 Å². The van der Waals surface area contributed by atoms with Gasteiger partial charge in [0.15, 0.2) is 0 Å². The van der Waals surface area contributed by atoms with E-state index < -0.39 is 5.41 Å². The van der Waals surface area contributed by atoms with Gasteiger partial charge >= 0.3 is 0 Å². The predicted octanol–water partition coefficient (Wildman–Crippen LogP) is 1.67. The maximum absolute atomic E-state index is 12.1. The maximum Gasteiger partial charge on any atom is 0.240 e. The summed E-state index contributed by atoms with van der Waals surface area (Å²) in [6.07, 6.45) is 5.72. The molecule has 0 aromatic heterocycles. The van der Waals surface area contributed by atoms with Gasteiger partial charge in [0.2, 0.25) is 5.91 Å². The van der Waals surface area contributed by atoms with Crippen LogP contribution in [-0.2, 0) is 4.79 Å². The molecule has 1 heterocycles. The first-order valence-electron chi connectivity index (χ1n) is 7.15. The second kappa shape index (κ2) is 5.71. The van der Waals surface area contributed by atoms with Gasteiger partial charge in [-0.1, -0.05) is 6.92 Å². The normalized spacial score (nSPS) is 24.0. The van der Waals surface area contributed by atoms with Crippen molar-refractivity contribution in [3.05, 3.63) is 0 Å². The van der Waals surface area contributed by atoms with Gasteiger partial charge in [-0.15, -0.1) is 0 Å². The highest BCUT2D eigenvalue weighted by atomic mass is 16.2. The molecule has 18 heavy (non-hydrogen) atoms. The van der Waals surface area contributed by atoms with Crippen LogP contribution in [0.5, 0.6) is 0 Å². The summed E-state index contributed by atoms with van der Waals surface area (Å²) in [5.41, 5.74) is -0.694. The average molecular weight is 249 g/mol. The number of amides is 1. The fourth-order valence-electron chi connectivity index (χ4n) is 2.86. The van der Waals surface area contributed by atoms with Crippen molar-refractivity contribution in [2.45, 2.75) is 51.5 Å². The van der Waals surface area contributed by atoms with Gasteiger partial charge in [-0.25, -0.2) is 0 Å². The molecule has 1 saturated carbocycles. The van der Waals surface area contributed by atoms with Gasteiger partial charge in [0, 0.05) is 19.1 Å². The zero-order valence-corrected chi connectivity index (χ0v) is 11.2. The molecule has 4 heteroatoms. The largest absolute Gasteiger partial charge is 0.352 e. The van der Waals surface area contributed by atoms with Gasteiger partial charge in [0.1, 0.15) is 5.41 Å². The van der Waals surface area contributed by atoms with Crippen LogP contribution in [0, 0.1) is 16.7 Å². The lowest BCUT2D eigenvalue weighted by Gasteiger charge is -2.37. The molecule has 0 spiro atoms. The molecule has 2 aliphatic rings. The van der Waals surface area contributed by atoms with Crippen molar-refractivity contribution < 1.29 is 4.79 Å². The molecule has 1 aliphatic heterocycles. The first-order chi connectivity index (χ1) is 8.70. The predicted molar refractivity (Wildman–Crippen MR) is 69.8 cm³/mol. The molecule has 100 valence electrons. The monoisotopic (exact) mass is 249 g/mol. The second-order valence-electron chi connectivity index (χ2n) is 5.64. The number of hydrogen-bond acceptors (Lipinski definition) is 3. The van der Waals surface area contributed by atoms with Crippen molar-refractivity contribution in [1.29, 1.82) is 5.26 Å². The minimum Gasteiger partial charge on any atom is -0.352 e. The number of nitrogens with one attached hydrogen (secondary N) is 1. The smallest absolute Gasteiger partial charge is 0.240 e. The molecule has 0 bridgehead atoms. The van der Waals surface area contributed by atoms with Gasteiger partial charge in [-0.3, -0.25) is 4.79 Å². The van der Waals surface area contributed by atoms with E-state index >= 15 is 0 Å². The summed E-state index contributed by atoms with van der Waals surface area (Å²) < 4.78 is 0. The van der Waals surface area contributed by atoms with E-state index in [2.05, 4.69) is 23.2 Å². The minimum absolute atomic E-state index is 0.0230. The zero-order valence-electron chi connectivity index (χ0n) is 11.2. The fourth-order valence-corrected chi connectivity index (χ4v) is 2.86. The van der Waals surface area contributed by atoms with Gasteiger partial charge < -0.3 is 10.2 Å². The number of nitriles is 1. The molecule has 1 saturated heterocycles. The topological polar surface area (TPSA) is 56.1 Å². The summed E-state index contributed by atoms with van der Waals surface area (Å²) in [6.45, 7) is 5.49. The van der Waals surface area contributed by atoms with Crippen molar-refractivity contribution in [2.75, 3.05) is 19.6 Å². The summed E-state index contributed by atoms with van der Waals surface area (Å²) in [4.78, 5) is 14.6. The van der Waals surface area contributed by atoms with Crippen LogP contribution < -0.4 is 5.32 Å². The Hall–Kier alpha value is -1.08. The standard InChI is InChI=1S/C14H23N3O/c1-2-8-17-9-4-12(5-10-17)16-13(18)14(11-15)6-3-7-14/h12H,2-10H2,1H3,(H,16,18). The first-order valence-corrected chi connectivity index (χ1v) is 7.15. The molecule has 0 aromatic rings. The van der Waals surface area contributed by atoms with Crippen LogP contribution in [0.1, 0.15) is 45.4 Å². The van der Waals surface area contributed by atoms with Crippen LogP contribution in [0.2, 0.25) is 0 Å². The number of carbonyl (C=O) groups is 1. The third-order valence-corrected chi connectivity index (χ3v) is 4.32. The summed E-state index contributed by atoms with van der Waals surface area (Å²) in [5.74, 6) is -0.0230. The number of likely N-dealkylation sites (tertiary alicyclic amines) is 1. The lowest BCUT2D eigenvalue weighted by Crippen LogP contribution is -2.51. The minimum atomic E-state index is -0.694. The molecule has 2 fully saturated rings. The highest BCUT2D eigenvalue weighted by molar-refractivity contribution is 5.86. The molecule has 0 atom stereocenters. The Morgan fingerprint density at radius 3 is 2.56 bits per heavy atom. The Morgan fingerprint density at radius 1 is 1.44 bits per heavy atom. The highest BCUT2D eigenvalue weighted by Gasteiger charge is 2.45. The van der Waals surface area contributed by atoms with E-state index in [0.29, 0.717) is 0 Å². The number of rotatable bonds is 4. The van der Waals surface area contributed by atoms with Crippen LogP contribution in [0.3, 0.4) is 0 Å². The Labute approximate surface area is 109 Å². The van der Waals surface area contributed by atoms with E-state index in [4.69, 9.17) is 5.26 Å². The van der Waals surface area contributed by atoms with Gasteiger partial charge in [-0.05, 0) is 45.1 Å². The van der Waals surface area contributed by atoms with Crippen molar-refractivity contribution in [2.24, 2.45) is 5.41 Å². The number of nitrogens with zero attached hydrogens (tertiary/aromatic N) is 2. The lowest BCUT2D eigenvalue weighted by atomic mass is 9.69. The highest BCUT2D eigenvalue weighted by Crippen LogP contribution is 2.40. The summed E-state index contributed by atoms with van der Waals surface area (Å²) in [5, 5.41) is 12.2. The van der Waals surface area contributed by atoms with Crippen LogP contribution in [0.4, 0.5) is 0 Å². The summed E-state index contributed by atoms with van der Waals surface area (Å²) >= 11 is 0. The molecule has 4 nitrogen and oxygen atoms in total. The van der Waals surface area contributed by atoms with Crippen LogP contribution in [0.25, 0.3) is 0 Å². The van der Waals surface area contributed by atoms with Crippen molar-refractivity contribution >= 4 is 5.91 Å². The van der Waals surface area contributed by atoms with E-state index in [1.54, 1.807) is 0 Å². The van der Waals surface area contributed by atoms with E-state index in [1.807, 2.05) is 0 Å². The SMILES string of the molecule is CCCN1CCC(NC(=O)C2(C#N)CCC2)CC1. The van der Waals surface area contributed by atoms with Crippen molar-refractivity contribution in [1.82, 2.24) is 10.2 Å². The van der Waals surface area contributed by atoms with Crippen molar-refractivity contribution in [3.8, 4) is 6.07 Å². The number of carbonyl (C=O) groups excluding carboxylic acids is 1. The van der Waals surface area contributed by atoms with Crippen LogP contribution in [-0.4, -0.2) is 36.5 Å².